The monoisotopic (exact) mass is 329 g/mol. The van der Waals surface area contributed by atoms with Crippen LogP contribution in [0.25, 0.3) is 0 Å². The van der Waals surface area contributed by atoms with Crippen molar-refractivity contribution in [2.45, 2.75) is 32.9 Å². The van der Waals surface area contributed by atoms with Gasteiger partial charge in [0.1, 0.15) is 0 Å². The molecule has 0 fully saturated rings. The number of nitrogens with one attached hydrogen (secondary N) is 1. The van der Waals surface area contributed by atoms with E-state index in [-0.39, 0.29) is 11.9 Å². The summed E-state index contributed by atoms with van der Waals surface area (Å²) in [7, 11) is 0. The Kier molecular flexibility index (Phi) is 6.57. The molecule has 1 heterocycles. The summed E-state index contributed by atoms with van der Waals surface area (Å²) in [5, 5.41) is 2.81. The highest BCUT2D eigenvalue weighted by Gasteiger charge is 2.07. The average molecular weight is 329 g/mol. The maximum Gasteiger partial charge on any atom is 0.221 e. The second-order valence-corrected chi connectivity index (χ2v) is 5.44. The summed E-state index contributed by atoms with van der Waals surface area (Å²) in [5.41, 5.74) is 6.48. The molecule has 1 atom stereocenters. The number of hydrogen-bond donors (Lipinski definition) is 2. The van der Waals surface area contributed by atoms with Crippen LogP contribution in [0.1, 0.15) is 25.8 Å². The lowest BCUT2D eigenvalue weighted by atomic mass is 10.2. The predicted octanol–water partition coefficient (Wildman–Crippen LogP) is 2.63. The lowest BCUT2D eigenvalue weighted by molar-refractivity contribution is -0.121. The van der Waals surface area contributed by atoms with Crippen molar-refractivity contribution in [2.24, 2.45) is 5.73 Å². The summed E-state index contributed by atoms with van der Waals surface area (Å²) in [6, 6.07) is 10.9. The summed E-state index contributed by atoms with van der Waals surface area (Å²) < 4.78 is 11.3. The van der Waals surface area contributed by atoms with Crippen molar-refractivity contribution in [3.8, 4) is 17.4 Å². The quantitative estimate of drug-likeness (QED) is 0.777. The Bertz CT molecular complexity index is 657. The molecular formula is C18H23N3O3. The van der Waals surface area contributed by atoms with Gasteiger partial charge >= 0.3 is 0 Å². The Morgan fingerprint density at radius 3 is 2.62 bits per heavy atom. The first-order valence-corrected chi connectivity index (χ1v) is 7.95. The third-order valence-electron chi connectivity index (χ3n) is 3.16. The van der Waals surface area contributed by atoms with Crippen LogP contribution in [0.2, 0.25) is 0 Å². The van der Waals surface area contributed by atoms with Gasteiger partial charge in [0, 0.05) is 31.3 Å². The van der Waals surface area contributed by atoms with E-state index in [9.17, 15) is 4.79 Å². The number of amides is 1. The summed E-state index contributed by atoms with van der Waals surface area (Å²) >= 11 is 0. The number of nitrogens with two attached hydrogens (primary N) is 1. The molecular weight excluding hydrogens is 306 g/mol. The number of aromatic nitrogens is 1. The number of carbonyl (C=O) groups is 1. The molecule has 1 amide bonds. The molecule has 0 aliphatic carbocycles. The van der Waals surface area contributed by atoms with Crippen molar-refractivity contribution in [1.29, 1.82) is 0 Å². The molecule has 2 aromatic rings. The van der Waals surface area contributed by atoms with E-state index in [0.29, 0.717) is 37.0 Å². The van der Waals surface area contributed by atoms with Gasteiger partial charge in [-0.05, 0) is 31.5 Å². The van der Waals surface area contributed by atoms with Gasteiger partial charge in [0.25, 0.3) is 0 Å². The van der Waals surface area contributed by atoms with Crippen LogP contribution in [-0.4, -0.2) is 23.5 Å². The van der Waals surface area contributed by atoms with Gasteiger partial charge in [0.05, 0.1) is 6.61 Å². The molecule has 6 heteroatoms. The largest absolute Gasteiger partial charge is 0.490 e. The summed E-state index contributed by atoms with van der Waals surface area (Å²) in [6.07, 6.45) is 1.98. The van der Waals surface area contributed by atoms with Gasteiger partial charge in [0.15, 0.2) is 11.5 Å². The van der Waals surface area contributed by atoms with Gasteiger partial charge in [-0.2, -0.15) is 0 Å². The molecule has 0 radical (unpaired) electrons. The lowest BCUT2D eigenvalue weighted by Crippen LogP contribution is -2.29. The van der Waals surface area contributed by atoms with Gasteiger partial charge in [-0.15, -0.1) is 0 Å². The van der Waals surface area contributed by atoms with E-state index in [2.05, 4.69) is 10.3 Å². The van der Waals surface area contributed by atoms with E-state index in [4.69, 9.17) is 15.2 Å². The average Bonchev–Trinajstić information content (AvgIpc) is 2.56. The molecule has 24 heavy (non-hydrogen) atoms. The SMILES string of the molecule is CCOc1ccccc1Oc1ccc(CNC(=O)CC(C)N)cn1. The molecule has 0 aliphatic rings. The third-order valence-corrected chi connectivity index (χ3v) is 3.16. The second-order valence-electron chi connectivity index (χ2n) is 5.44. The highest BCUT2D eigenvalue weighted by molar-refractivity contribution is 5.76. The second kappa shape index (κ2) is 8.88. The molecule has 0 spiro atoms. The van der Waals surface area contributed by atoms with Crippen LogP contribution in [0, 0.1) is 0 Å². The fraction of sp³-hybridized carbons (Fsp3) is 0.333. The van der Waals surface area contributed by atoms with Crippen molar-refractivity contribution >= 4 is 5.91 Å². The summed E-state index contributed by atoms with van der Waals surface area (Å²) in [4.78, 5) is 15.8. The van der Waals surface area contributed by atoms with Crippen LogP contribution in [0.5, 0.6) is 17.4 Å². The lowest BCUT2D eigenvalue weighted by Gasteiger charge is -2.11. The number of hydrogen-bond acceptors (Lipinski definition) is 5. The van der Waals surface area contributed by atoms with E-state index in [0.717, 1.165) is 5.56 Å². The summed E-state index contributed by atoms with van der Waals surface area (Å²) in [6.45, 7) is 4.69. The van der Waals surface area contributed by atoms with Crippen LogP contribution >= 0.6 is 0 Å². The molecule has 1 unspecified atom stereocenters. The van der Waals surface area contributed by atoms with Crippen LogP contribution in [0.3, 0.4) is 0 Å². The van der Waals surface area contributed by atoms with Gasteiger partial charge in [-0.1, -0.05) is 18.2 Å². The highest BCUT2D eigenvalue weighted by Crippen LogP contribution is 2.30. The molecule has 0 saturated carbocycles. The van der Waals surface area contributed by atoms with Gasteiger partial charge in [-0.25, -0.2) is 4.98 Å². The molecule has 0 bridgehead atoms. The first-order chi connectivity index (χ1) is 11.6. The van der Waals surface area contributed by atoms with E-state index >= 15 is 0 Å². The number of nitrogens with zero attached hydrogens (tertiary/aromatic N) is 1. The van der Waals surface area contributed by atoms with Crippen molar-refractivity contribution in [1.82, 2.24) is 10.3 Å². The van der Waals surface area contributed by atoms with Crippen LogP contribution < -0.4 is 20.5 Å². The zero-order valence-corrected chi connectivity index (χ0v) is 14.0. The fourth-order valence-corrected chi connectivity index (χ4v) is 2.06. The Labute approximate surface area is 142 Å². The Balaban J connectivity index is 1.94. The Hall–Kier alpha value is -2.60. The number of rotatable bonds is 8. The normalized spacial score (nSPS) is 11.6. The van der Waals surface area contributed by atoms with Crippen LogP contribution in [-0.2, 0) is 11.3 Å². The highest BCUT2D eigenvalue weighted by atomic mass is 16.5. The molecule has 1 aromatic carbocycles. The number of para-hydroxylation sites is 2. The van der Waals surface area contributed by atoms with Gasteiger partial charge in [0.2, 0.25) is 11.8 Å². The number of pyridine rings is 1. The molecule has 2 rings (SSSR count). The van der Waals surface area contributed by atoms with Gasteiger partial charge < -0.3 is 20.5 Å². The standard InChI is InChI=1S/C18H23N3O3/c1-3-23-15-6-4-5-7-16(15)24-18-9-8-14(12-21-18)11-20-17(22)10-13(2)19/h4-9,12-13H,3,10-11,19H2,1-2H3,(H,20,22). The number of carbonyl (C=O) groups excluding carboxylic acids is 1. The Morgan fingerprint density at radius 1 is 1.25 bits per heavy atom. The zero-order chi connectivity index (χ0) is 17.4. The van der Waals surface area contributed by atoms with Crippen LogP contribution in [0.4, 0.5) is 0 Å². The third kappa shape index (κ3) is 5.55. The van der Waals surface area contributed by atoms with Crippen LogP contribution in [0.15, 0.2) is 42.6 Å². The van der Waals surface area contributed by atoms with Crippen molar-refractivity contribution in [3.63, 3.8) is 0 Å². The van der Waals surface area contributed by atoms with Crippen molar-refractivity contribution in [3.05, 3.63) is 48.2 Å². The molecule has 6 nitrogen and oxygen atoms in total. The number of ether oxygens (including phenoxy) is 2. The van der Waals surface area contributed by atoms with Crippen molar-refractivity contribution < 1.29 is 14.3 Å². The van der Waals surface area contributed by atoms with E-state index < -0.39 is 0 Å². The first-order valence-electron chi connectivity index (χ1n) is 7.95. The number of benzene rings is 1. The van der Waals surface area contributed by atoms with E-state index in [1.807, 2.05) is 37.3 Å². The Morgan fingerprint density at radius 2 is 2.00 bits per heavy atom. The van der Waals surface area contributed by atoms with Crippen molar-refractivity contribution in [2.75, 3.05) is 6.61 Å². The van der Waals surface area contributed by atoms with Gasteiger partial charge in [-0.3, -0.25) is 4.79 Å². The maximum atomic E-state index is 11.6. The van der Waals surface area contributed by atoms with E-state index in [1.165, 1.54) is 0 Å². The molecule has 0 aliphatic heterocycles. The maximum absolute atomic E-state index is 11.6. The minimum absolute atomic E-state index is 0.0732. The zero-order valence-electron chi connectivity index (χ0n) is 14.0. The first kappa shape index (κ1) is 17.7. The fourth-order valence-electron chi connectivity index (χ4n) is 2.06. The molecule has 128 valence electrons. The summed E-state index contributed by atoms with van der Waals surface area (Å²) in [5.74, 6) is 1.68. The smallest absolute Gasteiger partial charge is 0.221 e. The molecule has 0 saturated heterocycles. The molecule has 3 N–H and O–H groups in total. The van der Waals surface area contributed by atoms with E-state index in [1.54, 1.807) is 19.2 Å². The topological polar surface area (TPSA) is 86.5 Å². The molecule has 1 aromatic heterocycles. The predicted molar refractivity (Wildman–Crippen MR) is 92.0 cm³/mol. The minimum Gasteiger partial charge on any atom is -0.490 e. The minimum atomic E-state index is -0.149.